The molecule has 0 amide bonds. The normalized spacial score (nSPS) is 11.2. The van der Waals surface area contributed by atoms with E-state index in [1.165, 1.54) is 22.7 Å². The Morgan fingerprint density at radius 3 is 2.67 bits per heavy atom. The van der Waals surface area contributed by atoms with Crippen molar-refractivity contribution in [3.05, 3.63) is 75.3 Å². The second-order valence-corrected chi connectivity index (χ2v) is 5.89. The van der Waals surface area contributed by atoms with E-state index in [9.17, 15) is 9.59 Å². The van der Waals surface area contributed by atoms with Gasteiger partial charge in [0, 0.05) is 17.3 Å². The van der Waals surface area contributed by atoms with Crippen LogP contribution in [0.3, 0.4) is 0 Å². The van der Waals surface area contributed by atoms with E-state index in [1.807, 2.05) is 44.2 Å². The Labute approximate surface area is 156 Å². The fourth-order valence-electron chi connectivity index (χ4n) is 2.86. The third-order valence-corrected chi connectivity index (χ3v) is 4.19. The Morgan fingerprint density at radius 2 is 1.96 bits per heavy atom. The molecule has 2 aromatic heterocycles. The zero-order chi connectivity index (χ0) is 19.4. The molecular weight excluding hydrogens is 344 g/mol. The summed E-state index contributed by atoms with van der Waals surface area (Å²) in [7, 11) is 0. The molecule has 0 aliphatic heterocycles. The molecule has 0 aliphatic rings. The quantitative estimate of drug-likeness (QED) is 0.724. The van der Waals surface area contributed by atoms with Crippen molar-refractivity contribution in [1.82, 2.24) is 9.38 Å². The number of carbonyl (C=O) groups is 1. The average Bonchev–Trinajstić information content (AvgIpc) is 2.67. The molecule has 138 valence electrons. The number of benzene rings is 1. The maximum absolute atomic E-state index is 12.8. The first-order valence-electron chi connectivity index (χ1n) is 8.73. The summed E-state index contributed by atoms with van der Waals surface area (Å²) in [5.41, 5.74) is 2.17. The lowest BCUT2D eigenvalue weighted by molar-refractivity contribution is 0.0696. The number of aromatic nitrogens is 2. The van der Waals surface area contributed by atoms with Crippen LogP contribution in [0.2, 0.25) is 0 Å². The molecule has 0 saturated carbocycles. The number of para-hydroxylation sites is 1. The van der Waals surface area contributed by atoms with Crippen LogP contribution in [0.1, 0.15) is 41.0 Å². The van der Waals surface area contributed by atoms with Crippen LogP contribution in [-0.4, -0.2) is 27.1 Å². The largest absolute Gasteiger partial charge is 0.493 e. The van der Waals surface area contributed by atoms with E-state index in [1.54, 1.807) is 6.08 Å². The van der Waals surface area contributed by atoms with Crippen molar-refractivity contribution >= 4 is 23.8 Å². The Morgan fingerprint density at radius 1 is 1.19 bits per heavy atom. The number of fused-ring (bicyclic) bond motifs is 1. The number of hydrogen-bond acceptors (Lipinski definition) is 4. The second-order valence-electron chi connectivity index (χ2n) is 5.89. The van der Waals surface area contributed by atoms with E-state index in [4.69, 9.17) is 9.84 Å². The first kappa shape index (κ1) is 18.4. The van der Waals surface area contributed by atoms with Gasteiger partial charge in [-0.25, -0.2) is 9.78 Å². The van der Waals surface area contributed by atoms with Crippen LogP contribution in [-0.2, 0) is 6.42 Å². The van der Waals surface area contributed by atoms with Crippen molar-refractivity contribution in [2.45, 2.75) is 20.3 Å². The predicted octanol–water partition coefficient (Wildman–Crippen LogP) is 3.52. The minimum Gasteiger partial charge on any atom is -0.493 e. The molecule has 0 unspecified atom stereocenters. The molecule has 3 rings (SSSR count). The molecule has 27 heavy (non-hydrogen) atoms. The molecule has 0 fully saturated rings. The Kier molecular flexibility index (Phi) is 5.35. The van der Waals surface area contributed by atoms with Gasteiger partial charge in [-0.3, -0.25) is 9.20 Å². The number of rotatable bonds is 6. The van der Waals surface area contributed by atoms with Crippen LogP contribution in [0.25, 0.3) is 17.8 Å². The number of nitrogens with zero attached hydrogens (tertiary/aromatic N) is 2. The SMILES string of the molecule is CCOc1ccccc1/C=C/c1nc2ccc(C(=O)O)cn2c(=O)c1CC. The summed E-state index contributed by atoms with van der Waals surface area (Å²) in [6, 6.07) is 10.6. The number of carboxylic acids is 1. The van der Waals surface area contributed by atoms with Gasteiger partial charge >= 0.3 is 5.97 Å². The topological polar surface area (TPSA) is 80.9 Å². The Bertz CT molecular complexity index is 1080. The zero-order valence-corrected chi connectivity index (χ0v) is 15.2. The molecule has 0 saturated heterocycles. The fraction of sp³-hybridized carbons (Fsp3) is 0.190. The van der Waals surface area contributed by atoms with E-state index >= 15 is 0 Å². The summed E-state index contributed by atoms with van der Waals surface area (Å²) in [6.45, 7) is 4.36. The molecule has 3 aromatic rings. The number of hydrogen-bond donors (Lipinski definition) is 1. The third-order valence-electron chi connectivity index (χ3n) is 4.19. The summed E-state index contributed by atoms with van der Waals surface area (Å²) in [5, 5.41) is 9.14. The summed E-state index contributed by atoms with van der Waals surface area (Å²) < 4.78 is 6.90. The van der Waals surface area contributed by atoms with Crippen molar-refractivity contribution in [3.63, 3.8) is 0 Å². The van der Waals surface area contributed by atoms with Gasteiger partial charge in [-0.1, -0.05) is 25.1 Å². The highest BCUT2D eigenvalue weighted by Gasteiger charge is 2.12. The first-order chi connectivity index (χ1) is 13.0. The Balaban J connectivity index is 2.11. The molecule has 0 atom stereocenters. The first-order valence-corrected chi connectivity index (χ1v) is 8.73. The monoisotopic (exact) mass is 364 g/mol. The summed E-state index contributed by atoms with van der Waals surface area (Å²) >= 11 is 0. The molecule has 0 bridgehead atoms. The molecule has 0 aliphatic carbocycles. The van der Waals surface area contributed by atoms with Gasteiger partial charge in [0.25, 0.3) is 5.56 Å². The summed E-state index contributed by atoms with van der Waals surface area (Å²) in [6.07, 6.45) is 5.46. The summed E-state index contributed by atoms with van der Waals surface area (Å²) in [4.78, 5) is 28.5. The van der Waals surface area contributed by atoms with Gasteiger partial charge in [0.05, 0.1) is 17.9 Å². The van der Waals surface area contributed by atoms with E-state index in [2.05, 4.69) is 4.98 Å². The average molecular weight is 364 g/mol. The van der Waals surface area contributed by atoms with Crippen molar-refractivity contribution in [3.8, 4) is 5.75 Å². The third kappa shape index (κ3) is 3.74. The van der Waals surface area contributed by atoms with Gasteiger partial charge in [-0.2, -0.15) is 0 Å². The molecule has 1 N–H and O–H groups in total. The maximum atomic E-state index is 12.8. The number of pyridine rings is 1. The van der Waals surface area contributed by atoms with E-state index in [-0.39, 0.29) is 11.1 Å². The smallest absolute Gasteiger partial charge is 0.337 e. The van der Waals surface area contributed by atoms with Gasteiger partial charge in [-0.05, 0) is 43.7 Å². The molecular formula is C21H20N2O4. The molecule has 6 nitrogen and oxygen atoms in total. The van der Waals surface area contributed by atoms with Crippen LogP contribution < -0.4 is 10.3 Å². The standard InChI is InChI=1S/C21H20N2O4/c1-3-16-17(11-9-14-7-5-6-8-18(14)27-4-2)22-19-12-10-15(21(25)26)13-23(19)20(16)24/h5-13H,3-4H2,1-2H3,(H,25,26)/b11-9+. The molecule has 0 radical (unpaired) electrons. The van der Waals surface area contributed by atoms with E-state index in [0.717, 1.165) is 11.3 Å². The van der Waals surface area contributed by atoms with Crippen molar-refractivity contribution < 1.29 is 14.6 Å². The number of aromatic carboxylic acids is 1. The van der Waals surface area contributed by atoms with Crippen LogP contribution in [0.15, 0.2) is 47.4 Å². The summed E-state index contributed by atoms with van der Waals surface area (Å²) in [5.74, 6) is -0.323. The lowest BCUT2D eigenvalue weighted by atomic mass is 10.1. The molecule has 2 heterocycles. The highest BCUT2D eigenvalue weighted by molar-refractivity contribution is 5.87. The van der Waals surface area contributed by atoms with Crippen LogP contribution in [0.5, 0.6) is 5.75 Å². The second kappa shape index (κ2) is 7.86. The highest BCUT2D eigenvalue weighted by Crippen LogP contribution is 2.21. The lowest BCUT2D eigenvalue weighted by Gasteiger charge is -2.09. The van der Waals surface area contributed by atoms with Crippen molar-refractivity contribution in [2.75, 3.05) is 6.61 Å². The highest BCUT2D eigenvalue weighted by atomic mass is 16.5. The predicted molar refractivity (Wildman–Crippen MR) is 104 cm³/mol. The van der Waals surface area contributed by atoms with Crippen molar-refractivity contribution in [2.24, 2.45) is 0 Å². The van der Waals surface area contributed by atoms with Gasteiger partial charge in [0.2, 0.25) is 0 Å². The van der Waals surface area contributed by atoms with Crippen LogP contribution in [0.4, 0.5) is 0 Å². The zero-order valence-electron chi connectivity index (χ0n) is 15.2. The Hall–Kier alpha value is -3.41. The van der Waals surface area contributed by atoms with Gasteiger partial charge in [0.1, 0.15) is 11.4 Å². The van der Waals surface area contributed by atoms with Gasteiger partial charge in [-0.15, -0.1) is 0 Å². The minimum atomic E-state index is -1.08. The number of carboxylic acid groups (broad SMARTS) is 1. The molecule has 0 spiro atoms. The maximum Gasteiger partial charge on any atom is 0.337 e. The number of ether oxygens (including phenoxy) is 1. The minimum absolute atomic E-state index is 0.0439. The van der Waals surface area contributed by atoms with Gasteiger partial charge < -0.3 is 9.84 Å². The van der Waals surface area contributed by atoms with Crippen LogP contribution >= 0.6 is 0 Å². The van der Waals surface area contributed by atoms with Crippen LogP contribution in [0, 0.1) is 0 Å². The fourth-order valence-corrected chi connectivity index (χ4v) is 2.86. The lowest BCUT2D eigenvalue weighted by Crippen LogP contribution is -2.22. The molecule has 1 aromatic carbocycles. The van der Waals surface area contributed by atoms with E-state index in [0.29, 0.717) is 29.9 Å². The molecule has 6 heteroatoms. The van der Waals surface area contributed by atoms with Crippen molar-refractivity contribution in [1.29, 1.82) is 0 Å². The van der Waals surface area contributed by atoms with Gasteiger partial charge in [0.15, 0.2) is 0 Å². The van der Waals surface area contributed by atoms with E-state index < -0.39 is 5.97 Å².